The highest BCUT2D eigenvalue weighted by Crippen LogP contribution is 2.44. The number of hydrogen-bond donors (Lipinski definition) is 3. The summed E-state index contributed by atoms with van der Waals surface area (Å²) in [7, 11) is 1.60. The molecule has 38 heavy (non-hydrogen) atoms. The highest BCUT2D eigenvalue weighted by molar-refractivity contribution is 5.93. The largest absolute Gasteiger partial charge is 0.505 e. The third kappa shape index (κ3) is 7.79. The Hall–Kier alpha value is -3.42. The van der Waals surface area contributed by atoms with Gasteiger partial charge < -0.3 is 30.1 Å². The number of phenolic OH excluding ortho intramolecular Hbond substituents is 1. The van der Waals surface area contributed by atoms with E-state index in [1.807, 2.05) is 77.9 Å². The van der Waals surface area contributed by atoms with Crippen molar-refractivity contribution in [2.24, 2.45) is 5.92 Å². The second-order valence-corrected chi connectivity index (χ2v) is 12.0. The molecule has 1 aliphatic rings. The molecule has 3 N–H and O–H groups in total. The summed E-state index contributed by atoms with van der Waals surface area (Å²) in [5.74, 6) is 0.922. The van der Waals surface area contributed by atoms with Crippen LogP contribution in [0, 0.1) is 5.92 Å². The molecule has 0 aliphatic carbocycles. The zero-order valence-corrected chi connectivity index (χ0v) is 23.8. The first-order chi connectivity index (χ1) is 17.8. The maximum Gasteiger partial charge on any atom is 0.410 e. The van der Waals surface area contributed by atoms with Gasteiger partial charge in [-0.05, 0) is 63.0 Å². The number of urea groups is 1. The van der Waals surface area contributed by atoms with Gasteiger partial charge in [-0.2, -0.15) is 0 Å². The maximum absolute atomic E-state index is 12.9. The first-order valence-corrected chi connectivity index (χ1v) is 13.3. The molecular formula is C30H43N3O5. The lowest BCUT2D eigenvalue weighted by atomic mass is 9.82. The van der Waals surface area contributed by atoms with E-state index >= 15 is 0 Å². The molecule has 2 aromatic rings. The van der Waals surface area contributed by atoms with E-state index < -0.39 is 11.6 Å². The van der Waals surface area contributed by atoms with Gasteiger partial charge in [0.05, 0.1) is 12.8 Å². The van der Waals surface area contributed by atoms with Crippen molar-refractivity contribution in [3.05, 3.63) is 53.1 Å². The Kier molecular flexibility index (Phi) is 9.18. The van der Waals surface area contributed by atoms with Crippen LogP contribution in [0.2, 0.25) is 0 Å². The Bertz CT molecular complexity index is 1110. The molecule has 208 valence electrons. The van der Waals surface area contributed by atoms with Gasteiger partial charge in [0, 0.05) is 30.8 Å². The number of rotatable bonds is 6. The predicted octanol–water partition coefficient (Wildman–Crippen LogP) is 6.21. The smallest absolute Gasteiger partial charge is 0.410 e. The minimum absolute atomic E-state index is 0.0503. The molecule has 0 saturated carbocycles. The summed E-state index contributed by atoms with van der Waals surface area (Å²) in [6.45, 7) is 13.2. The van der Waals surface area contributed by atoms with E-state index in [1.54, 1.807) is 12.0 Å². The summed E-state index contributed by atoms with van der Waals surface area (Å²) in [5, 5.41) is 17.1. The molecule has 0 atom stereocenters. The van der Waals surface area contributed by atoms with E-state index in [0.717, 1.165) is 24.0 Å². The number of phenols is 1. The van der Waals surface area contributed by atoms with E-state index in [9.17, 15) is 14.7 Å². The van der Waals surface area contributed by atoms with E-state index in [2.05, 4.69) is 10.6 Å². The van der Waals surface area contributed by atoms with Crippen LogP contribution in [0.5, 0.6) is 11.5 Å². The van der Waals surface area contributed by atoms with E-state index in [4.69, 9.17) is 9.47 Å². The molecule has 3 amide bonds. The lowest BCUT2D eigenvalue weighted by Crippen LogP contribution is -2.42. The van der Waals surface area contributed by atoms with Crippen LogP contribution in [0.4, 0.5) is 15.3 Å². The average molecular weight is 526 g/mol. The number of amides is 3. The third-order valence-electron chi connectivity index (χ3n) is 6.69. The molecule has 1 aliphatic heterocycles. The summed E-state index contributed by atoms with van der Waals surface area (Å²) >= 11 is 0. The predicted molar refractivity (Wildman–Crippen MR) is 150 cm³/mol. The summed E-state index contributed by atoms with van der Waals surface area (Å²) in [6.07, 6.45) is 1.86. The molecule has 8 heteroatoms. The van der Waals surface area contributed by atoms with Gasteiger partial charge in [0.2, 0.25) is 0 Å². The van der Waals surface area contributed by atoms with Gasteiger partial charge in [0.25, 0.3) is 0 Å². The molecule has 8 nitrogen and oxygen atoms in total. The number of carbonyl (C=O) groups is 2. The summed E-state index contributed by atoms with van der Waals surface area (Å²) < 4.78 is 11.3. The molecule has 3 rings (SSSR count). The average Bonchev–Trinajstić information content (AvgIpc) is 2.84. The molecule has 0 aromatic heterocycles. The first kappa shape index (κ1) is 29.1. The number of methoxy groups -OCH3 is 1. The topological polar surface area (TPSA) is 100 Å². The van der Waals surface area contributed by atoms with Crippen LogP contribution < -0.4 is 15.4 Å². The van der Waals surface area contributed by atoms with Crippen LogP contribution in [0.15, 0.2) is 36.4 Å². The van der Waals surface area contributed by atoms with Gasteiger partial charge in [-0.25, -0.2) is 9.59 Å². The van der Waals surface area contributed by atoms with Crippen molar-refractivity contribution in [2.45, 2.75) is 78.4 Å². The second kappa shape index (κ2) is 12.0. The molecule has 1 saturated heterocycles. The Morgan fingerprint density at radius 2 is 1.68 bits per heavy atom. The molecule has 0 bridgehead atoms. The van der Waals surface area contributed by atoms with Crippen LogP contribution in [0.25, 0.3) is 0 Å². The lowest BCUT2D eigenvalue weighted by molar-refractivity contribution is 0.0184. The third-order valence-corrected chi connectivity index (χ3v) is 6.69. The molecule has 0 unspecified atom stereocenters. The van der Waals surface area contributed by atoms with Gasteiger partial charge in [0.1, 0.15) is 17.1 Å². The van der Waals surface area contributed by atoms with Crippen molar-refractivity contribution in [3.8, 4) is 11.5 Å². The molecule has 1 fully saturated rings. The monoisotopic (exact) mass is 525 g/mol. The molecular weight excluding hydrogens is 482 g/mol. The number of benzene rings is 2. The number of aromatic hydroxyl groups is 1. The summed E-state index contributed by atoms with van der Waals surface area (Å²) in [4.78, 5) is 27.2. The van der Waals surface area contributed by atoms with E-state index in [-0.39, 0.29) is 23.2 Å². The number of ether oxygens (including phenoxy) is 2. The number of nitrogens with zero attached hydrogens (tertiary/aromatic N) is 1. The zero-order chi connectivity index (χ0) is 28.1. The number of anilines is 1. The van der Waals surface area contributed by atoms with Gasteiger partial charge in [-0.1, -0.05) is 51.1 Å². The fraction of sp³-hybridized carbons (Fsp3) is 0.533. The van der Waals surface area contributed by atoms with Gasteiger partial charge in [-0.3, -0.25) is 0 Å². The Morgan fingerprint density at radius 3 is 2.24 bits per heavy atom. The van der Waals surface area contributed by atoms with Gasteiger partial charge >= 0.3 is 12.1 Å². The standard InChI is InChI=1S/C30H43N3O5/c1-29(2,3)23-18-24(37-7)22(17-20-13-15-33(16-14-20)28(36)38-30(4,5)6)25(26(23)34)32-27(35)31-19-21-11-9-8-10-12-21/h8-12,18,20,34H,13-17,19H2,1-7H3,(H2,31,32,35). The number of nitrogens with one attached hydrogen (secondary N) is 2. The summed E-state index contributed by atoms with van der Waals surface area (Å²) in [6, 6.07) is 11.1. The van der Waals surface area contributed by atoms with Crippen molar-refractivity contribution in [3.63, 3.8) is 0 Å². The Morgan fingerprint density at radius 1 is 1.05 bits per heavy atom. The number of carbonyl (C=O) groups excluding carboxylic acids is 2. The Balaban J connectivity index is 1.81. The van der Waals surface area contributed by atoms with Crippen LogP contribution in [0.3, 0.4) is 0 Å². The number of piperidine rings is 1. The quantitative estimate of drug-likeness (QED) is 0.389. The number of likely N-dealkylation sites (tertiary alicyclic amines) is 1. The molecule has 2 aromatic carbocycles. The van der Waals surface area contributed by atoms with Crippen LogP contribution >= 0.6 is 0 Å². The highest BCUT2D eigenvalue weighted by Gasteiger charge is 2.31. The summed E-state index contributed by atoms with van der Waals surface area (Å²) in [5.41, 5.74) is 1.89. The minimum atomic E-state index is -0.532. The van der Waals surface area contributed by atoms with E-state index in [0.29, 0.717) is 43.1 Å². The highest BCUT2D eigenvalue weighted by atomic mass is 16.6. The fourth-order valence-electron chi connectivity index (χ4n) is 4.65. The van der Waals surface area contributed by atoms with Crippen molar-refractivity contribution in [2.75, 3.05) is 25.5 Å². The van der Waals surface area contributed by atoms with Gasteiger partial charge in [-0.15, -0.1) is 0 Å². The van der Waals surface area contributed by atoms with Crippen LogP contribution in [0.1, 0.15) is 71.1 Å². The normalized spacial score (nSPS) is 14.7. The van der Waals surface area contributed by atoms with Crippen LogP contribution in [-0.4, -0.2) is 47.9 Å². The first-order valence-electron chi connectivity index (χ1n) is 13.3. The second-order valence-electron chi connectivity index (χ2n) is 12.0. The Labute approximate surface area is 226 Å². The minimum Gasteiger partial charge on any atom is -0.505 e. The van der Waals surface area contributed by atoms with Crippen molar-refractivity contribution in [1.29, 1.82) is 0 Å². The SMILES string of the molecule is COc1cc(C(C)(C)C)c(O)c(NC(=O)NCc2ccccc2)c1CC1CCN(C(=O)OC(C)(C)C)CC1. The molecule has 1 heterocycles. The van der Waals surface area contributed by atoms with Crippen molar-refractivity contribution in [1.82, 2.24) is 10.2 Å². The van der Waals surface area contributed by atoms with Crippen molar-refractivity contribution < 1.29 is 24.2 Å². The van der Waals surface area contributed by atoms with Crippen LogP contribution in [-0.2, 0) is 23.1 Å². The van der Waals surface area contributed by atoms with Gasteiger partial charge in [0.15, 0.2) is 0 Å². The number of hydrogen-bond acceptors (Lipinski definition) is 5. The molecule has 0 radical (unpaired) electrons. The lowest BCUT2D eigenvalue weighted by Gasteiger charge is -2.34. The van der Waals surface area contributed by atoms with Crippen molar-refractivity contribution >= 4 is 17.8 Å². The van der Waals surface area contributed by atoms with E-state index in [1.165, 1.54) is 0 Å². The maximum atomic E-state index is 12.9. The molecule has 0 spiro atoms. The fourth-order valence-corrected chi connectivity index (χ4v) is 4.65. The zero-order valence-electron chi connectivity index (χ0n) is 23.8.